The van der Waals surface area contributed by atoms with Crippen molar-refractivity contribution in [3.05, 3.63) is 53.7 Å². The molecule has 0 fully saturated rings. The minimum Gasteiger partial charge on any atom is -0.339 e. The van der Waals surface area contributed by atoms with Crippen molar-refractivity contribution in [1.29, 1.82) is 0 Å². The monoisotopic (exact) mass is 320 g/mol. The summed E-state index contributed by atoms with van der Waals surface area (Å²) in [6.07, 6.45) is 5.06. The van der Waals surface area contributed by atoms with E-state index in [9.17, 15) is 13.2 Å². The van der Waals surface area contributed by atoms with Gasteiger partial charge in [0, 0.05) is 36.3 Å². The molecule has 1 aromatic carbocycles. The van der Waals surface area contributed by atoms with Gasteiger partial charge in [0.15, 0.2) is 17.5 Å². The number of benzene rings is 1. The quantitative estimate of drug-likeness (QED) is 0.681. The Balaban J connectivity index is 1.63. The van der Waals surface area contributed by atoms with Gasteiger partial charge in [0.05, 0.1) is 6.33 Å². The summed E-state index contributed by atoms with van der Waals surface area (Å²) in [5, 5.41) is 3.75. The lowest BCUT2D eigenvalue weighted by Gasteiger charge is -2.20. The number of hydrogen-bond donors (Lipinski definition) is 0. The van der Waals surface area contributed by atoms with Crippen molar-refractivity contribution in [2.24, 2.45) is 0 Å². The van der Waals surface area contributed by atoms with E-state index >= 15 is 0 Å². The van der Waals surface area contributed by atoms with Crippen LogP contribution >= 0.6 is 0 Å². The molecule has 23 heavy (non-hydrogen) atoms. The number of nitrogens with zero attached hydrogens (tertiary/aromatic N) is 4. The lowest BCUT2D eigenvalue weighted by molar-refractivity contribution is 0.325. The maximum absolute atomic E-state index is 13.3. The second-order valence-electron chi connectivity index (χ2n) is 5.48. The molecule has 0 saturated heterocycles. The molecule has 1 aliphatic rings. The first-order valence-electron chi connectivity index (χ1n) is 7.09. The molecule has 0 aliphatic carbocycles. The Hall–Kier alpha value is -2.64. The minimum atomic E-state index is -1.52. The molecule has 3 aromatic rings. The van der Waals surface area contributed by atoms with Crippen LogP contribution < -0.4 is 0 Å². The van der Waals surface area contributed by atoms with Crippen LogP contribution in [0, 0.1) is 17.5 Å². The molecule has 5 nitrogen and oxygen atoms in total. The molecule has 118 valence electrons. The van der Waals surface area contributed by atoms with Crippen LogP contribution in [0.5, 0.6) is 0 Å². The van der Waals surface area contributed by atoms with Crippen LogP contribution in [0.25, 0.3) is 11.4 Å². The van der Waals surface area contributed by atoms with Crippen LogP contribution in [0.15, 0.2) is 29.2 Å². The first kappa shape index (κ1) is 14.0. The van der Waals surface area contributed by atoms with Gasteiger partial charge in [0.1, 0.15) is 0 Å². The SMILES string of the molecule is Fc1cc(-c2noc(C3CCn4cncc4C3)n2)cc(F)c1F. The smallest absolute Gasteiger partial charge is 0.230 e. The Morgan fingerprint density at radius 3 is 2.74 bits per heavy atom. The summed E-state index contributed by atoms with van der Waals surface area (Å²) in [5.41, 5.74) is 1.11. The first-order chi connectivity index (χ1) is 11.1. The largest absolute Gasteiger partial charge is 0.339 e. The summed E-state index contributed by atoms with van der Waals surface area (Å²) in [6, 6.07) is 1.70. The van der Waals surface area contributed by atoms with Crippen LogP contribution in [0.2, 0.25) is 0 Å². The topological polar surface area (TPSA) is 56.7 Å². The fraction of sp³-hybridized carbons (Fsp3) is 0.267. The number of aryl methyl sites for hydroxylation is 1. The van der Waals surface area contributed by atoms with Crippen LogP contribution in [0.4, 0.5) is 13.2 Å². The number of halogens is 3. The van der Waals surface area contributed by atoms with E-state index in [1.54, 1.807) is 12.5 Å². The molecule has 4 rings (SSSR count). The van der Waals surface area contributed by atoms with E-state index in [1.807, 2.05) is 0 Å². The predicted molar refractivity (Wildman–Crippen MR) is 72.9 cm³/mol. The molecule has 0 amide bonds. The van der Waals surface area contributed by atoms with Gasteiger partial charge >= 0.3 is 0 Å². The van der Waals surface area contributed by atoms with E-state index in [1.165, 1.54) is 0 Å². The van der Waals surface area contributed by atoms with Gasteiger partial charge in [-0.3, -0.25) is 0 Å². The lowest BCUT2D eigenvalue weighted by atomic mass is 9.96. The summed E-state index contributed by atoms with van der Waals surface area (Å²) in [4.78, 5) is 8.30. The van der Waals surface area contributed by atoms with E-state index in [0.29, 0.717) is 12.3 Å². The fourth-order valence-electron chi connectivity index (χ4n) is 2.78. The van der Waals surface area contributed by atoms with Crippen LogP contribution in [-0.2, 0) is 13.0 Å². The maximum atomic E-state index is 13.3. The molecule has 1 atom stereocenters. The number of aromatic nitrogens is 4. The highest BCUT2D eigenvalue weighted by Gasteiger charge is 2.25. The van der Waals surface area contributed by atoms with Crippen LogP contribution in [0.3, 0.4) is 0 Å². The van der Waals surface area contributed by atoms with Crippen molar-refractivity contribution in [2.45, 2.75) is 25.3 Å². The molecule has 2 aromatic heterocycles. The third-order valence-corrected chi connectivity index (χ3v) is 4.01. The molecular formula is C15H11F3N4O. The van der Waals surface area contributed by atoms with Crippen molar-refractivity contribution in [2.75, 3.05) is 0 Å². The highest BCUT2D eigenvalue weighted by molar-refractivity contribution is 5.54. The summed E-state index contributed by atoms with van der Waals surface area (Å²) < 4.78 is 46.9. The Labute approximate surface area is 128 Å². The highest BCUT2D eigenvalue weighted by Crippen LogP contribution is 2.30. The summed E-state index contributed by atoms with van der Waals surface area (Å²) in [5.74, 6) is -3.62. The average Bonchev–Trinajstić information content (AvgIpc) is 3.20. The van der Waals surface area contributed by atoms with Crippen LogP contribution in [-0.4, -0.2) is 19.7 Å². The van der Waals surface area contributed by atoms with E-state index < -0.39 is 17.5 Å². The van der Waals surface area contributed by atoms with Gasteiger partial charge < -0.3 is 9.09 Å². The zero-order valence-electron chi connectivity index (χ0n) is 11.8. The van der Waals surface area contributed by atoms with E-state index in [4.69, 9.17) is 4.52 Å². The standard InChI is InChI=1S/C15H11F3N4O/c16-11-4-9(5-12(17)13(11)18)14-20-15(23-21-14)8-1-2-22-7-19-6-10(22)3-8/h4-8H,1-3H2. The Bertz CT molecular complexity index is 850. The Kier molecular flexibility index (Phi) is 3.17. The van der Waals surface area contributed by atoms with Gasteiger partial charge in [-0.15, -0.1) is 0 Å². The summed E-state index contributed by atoms with van der Waals surface area (Å²) in [6.45, 7) is 0.789. The third kappa shape index (κ3) is 2.39. The summed E-state index contributed by atoms with van der Waals surface area (Å²) in [7, 11) is 0. The number of rotatable bonds is 2. The molecule has 0 saturated carbocycles. The number of fused-ring (bicyclic) bond motifs is 1. The second kappa shape index (κ2) is 5.22. The van der Waals surface area contributed by atoms with Gasteiger partial charge in [-0.25, -0.2) is 18.2 Å². The molecular weight excluding hydrogens is 309 g/mol. The third-order valence-electron chi connectivity index (χ3n) is 4.01. The Morgan fingerprint density at radius 1 is 1.17 bits per heavy atom. The van der Waals surface area contributed by atoms with Crippen LogP contribution in [0.1, 0.15) is 23.9 Å². The molecule has 8 heteroatoms. The van der Waals surface area contributed by atoms with Crippen molar-refractivity contribution < 1.29 is 17.7 Å². The van der Waals surface area contributed by atoms with Gasteiger partial charge in [0.25, 0.3) is 0 Å². The molecule has 0 radical (unpaired) electrons. The highest BCUT2D eigenvalue weighted by atomic mass is 19.2. The lowest BCUT2D eigenvalue weighted by Crippen LogP contribution is -2.17. The molecule has 1 unspecified atom stereocenters. The normalized spacial score (nSPS) is 17.3. The van der Waals surface area contributed by atoms with Crippen molar-refractivity contribution in [3.63, 3.8) is 0 Å². The second-order valence-corrected chi connectivity index (χ2v) is 5.48. The van der Waals surface area contributed by atoms with Crippen molar-refractivity contribution in [1.82, 2.24) is 19.7 Å². The van der Waals surface area contributed by atoms with Gasteiger partial charge in [-0.2, -0.15) is 4.98 Å². The summed E-state index contributed by atoms with van der Waals surface area (Å²) >= 11 is 0. The predicted octanol–water partition coefficient (Wildman–Crippen LogP) is 3.08. The van der Waals surface area contributed by atoms with E-state index in [2.05, 4.69) is 19.7 Å². The zero-order valence-corrected chi connectivity index (χ0v) is 11.8. The minimum absolute atomic E-state index is 0.0237. The molecule has 0 bridgehead atoms. The Morgan fingerprint density at radius 2 is 1.96 bits per heavy atom. The van der Waals surface area contributed by atoms with E-state index in [0.717, 1.165) is 30.8 Å². The molecule has 0 N–H and O–H groups in total. The van der Waals surface area contributed by atoms with Gasteiger partial charge in [-0.05, 0) is 18.6 Å². The van der Waals surface area contributed by atoms with E-state index in [-0.39, 0.29) is 17.3 Å². The molecule has 0 spiro atoms. The number of imidazole rings is 1. The van der Waals surface area contributed by atoms with Gasteiger partial charge in [-0.1, -0.05) is 5.16 Å². The number of hydrogen-bond acceptors (Lipinski definition) is 4. The molecule has 3 heterocycles. The average molecular weight is 320 g/mol. The first-order valence-corrected chi connectivity index (χ1v) is 7.09. The van der Waals surface area contributed by atoms with Crippen molar-refractivity contribution in [3.8, 4) is 11.4 Å². The van der Waals surface area contributed by atoms with Crippen molar-refractivity contribution >= 4 is 0 Å². The van der Waals surface area contributed by atoms with Gasteiger partial charge in [0.2, 0.25) is 11.7 Å². The molecule has 1 aliphatic heterocycles. The maximum Gasteiger partial charge on any atom is 0.230 e. The fourth-order valence-corrected chi connectivity index (χ4v) is 2.78. The zero-order chi connectivity index (χ0) is 16.0.